The van der Waals surface area contributed by atoms with Crippen molar-refractivity contribution in [2.75, 3.05) is 0 Å². The van der Waals surface area contributed by atoms with Crippen LogP contribution in [0.1, 0.15) is 22.3 Å². The lowest BCUT2D eigenvalue weighted by molar-refractivity contribution is 1.26. The maximum atomic E-state index is 2.61. The van der Waals surface area contributed by atoms with Crippen molar-refractivity contribution in [1.29, 1.82) is 0 Å². The van der Waals surface area contributed by atoms with Crippen LogP contribution in [0.15, 0.2) is 58.9 Å². The Labute approximate surface area is 147 Å². The second-order valence-electron chi connectivity index (χ2n) is 8.62. The average molecular weight is 345 g/mol. The molecule has 1 aliphatic heterocycles. The third-order valence-corrected chi connectivity index (χ3v) is 14.7. The minimum absolute atomic E-state index is 1.21. The van der Waals surface area contributed by atoms with Gasteiger partial charge in [0.15, 0.2) is 0 Å². The number of hydrogen-bond donors (Lipinski definition) is 0. The fraction of sp³-hybridized carbons (Fsp3) is 0.273. The van der Waals surface area contributed by atoms with Crippen LogP contribution in [0, 0.1) is 0 Å². The van der Waals surface area contributed by atoms with Gasteiger partial charge in [-0.1, -0.05) is 95.5 Å². The average Bonchev–Trinajstić information content (AvgIpc) is 3.14. The second-order valence-corrected chi connectivity index (χ2v) is 17.3. The molecule has 0 amide bonds. The Bertz CT molecular complexity index is 878. The van der Waals surface area contributed by atoms with E-state index in [0.29, 0.717) is 0 Å². The smallest absolute Gasteiger partial charge is 0.0714 e. The lowest BCUT2D eigenvalue weighted by atomic mass is 10.1. The van der Waals surface area contributed by atoms with Crippen LogP contribution >= 0.6 is 0 Å². The molecule has 2 heteroatoms. The number of rotatable bonds is 0. The highest BCUT2D eigenvalue weighted by molar-refractivity contribution is 7.13. The van der Waals surface area contributed by atoms with E-state index in [9.17, 15) is 0 Å². The molecule has 0 nitrogen and oxygen atoms in total. The van der Waals surface area contributed by atoms with Crippen LogP contribution in [0.5, 0.6) is 0 Å². The molecular weight excluding hydrogens is 320 g/mol. The monoisotopic (exact) mass is 344 g/mol. The van der Waals surface area contributed by atoms with E-state index in [4.69, 9.17) is 0 Å². The van der Waals surface area contributed by atoms with E-state index in [1.54, 1.807) is 32.6 Å². The second kappa shape index (κ2) is 4.50. The molecule has 0 spiro atoms. The fourth-order valence-corrected chi connectivity index (χ4v) is 16.2. The van der Waals surface area contributed by atoms with E-state index in [2.05, 4.69) is 74.7 Å². The molecule has 2 aromatic rings. The normalized spacial score (nSPS) is 22.2. The van der Waals surface area contributed by atoms with Gasteiger partial charge < -0.3 is 0 Å². The largest absolute Gasteiger partial charge is 0.108 e. The van der Waals surface area contributed by atoms with E-state index < -0.39 is 16.1 Å². The van der Waals surface area contributed by atoms with Crippen LogP contribution in [-0.2, 0) is 12.8 Å². The minimum Gasteiger partial charge on any atom is -0.0714 e. The van der Waals surface area contributed by atoms with Crippen molar-refractivity contribution in [3.05, 3.63) is 81.2 Å². The summed E-state index contributed by atoms with van der Waals surface area (Å²) in [6, 6.07) is 18.4. The van der Waals surface area contributed by atoms with Gasteiger partial charge in [-0.15, -0.1) is 0 Å². The summed E-state index contributed by atoms with van der Waals surface area (Å²) in [5.74, 6) is 0. The van der Waals surface area contributed by atoms with Crippen LogP contribution < -0.4 is 0 Å². The van der Waals surface area contributed by atoms with E-state index in [-0.39, 0.29) is 0 Å². The lowest BCUT2D eigenvalue weighted by Gasteiger charge is -2.41. The maximum absolute atomic E-state index is 2.61. The third kappa shape index (κ3) is 1.63. The van der Waals surface area contributed by atoms with Crippen LogP contribution in [-0.4, -0.2) is 16.1 Å². The van der Waals surface area contributed by atoms with Crippen molar-refractivity contribution < 1.29 is 0 Å². The van der Waals surface area contributed by atoms with Crippen molar-refractivity contribution >= 4 is 26.5 Å². The SMILES string of the molecule is C[Si]1(C)C2=C(c3ccccc3C2)[Si](C)(C)C2=C1c1ccccc1C2. The molecule has 2 aromatic carbocycles. The van der Waals surface area contributed by atoms with Crippen molar-refractivity contribution in [3.8, 4) is 0 Å². The molecule has 0 fully saturated rings. The maximum Gasteiger partial charge on any atom is 0.108 e. The highest BCUT2D eigenvalue weighted by Crippen LogP contribution is 2.56. The zero-order chi connectivity index (χ0) is 16.7. The van der Waals surface area contributed by atoms with Crippen molar-refractivity contribution in [2.24, 2.45) is 0 Å². The first-order valence-electron chi connectivity index (χ1n) is 9.07. The lowest BCUT2D eigenvalue weighted by Crippen LogP contribution is -2.45. The minimum atomic E-state index is -1.59. The van der Waals surface area contributed by atoms with Crippen LogP contribution in [0.4, 0.5) is 0 Å². The molecule has 0 saturated carbocycles. The molecule has 0 radical (unpaired) electrons. The number of allylic oxidation sites excluding steroid dienone is 2. The predicted octanol–water partition coefficient (Wildman–Crippen LogP) is 5.59. The van der Waals surface area contributed by atoms with Gasteiger partial charge in [-0.25, -0.2) is 0 Å². The molecule has 3 aliphatic rings. The van der Waals surface area contributed by atoms with Crippen LogP contribution in [0.3, 0.4) is 0 Å². The van der Waals surface area contributed by atoms with Gasteiger partial charge >= 0.3 is 0 Å². The summed E-state index contributed by atoms with van der Waals surface area (Å²) in [4.78, 5) is 0. The number of hydrogen-bond acceptors (Lipinski definition) is 0. The molecule has 2 aliphatic carbocycles. The van der Waals surface area contributed by atoms with Gasteiger partial charge in [-0.3, -0.25) is 0 Å². The molecule has 24 heavy (non-hydrogen) atoms. The van der Waals surface area contributed by atoms with Gasteiger partial charge in [0, 0.05) is 0 Å². The van der Waals surface area contributed by atoms with E-state index in [0.717, 1.165) is 0 Å². The first-order valence-corrected chi connectivity index (χ1v) is 15.1. The van der Waals surface area contributed by atoms with E-state index >= 15 is 0 Å². The Kier molecular flexibility index (Phi) is 2.75. The summed E-state index contributed by atoms with van der Waals surface area (Å²) < 4.78 is 0. The molecular formula is C22H24Si2. The number of benzene rings is 2. The third-order valence-electron chi connectivity index (χ3n) is 6.67. The Morgan fingerprint density at radius 2 is 0.958 bits per heavy atom. The van der Waals surface area contributed by atoms with Crippen molar-refractivity contribution in [1.82, 2.24) is 0 Å². The molecule has 0 aromatic heterocycles. The molecule has 120 valence electrons. The highest BCUT2D eigenvalue weighted by Gasteiger charge is 2.51. The van der Waals surface area contributed by atoms with Crippen LogP contribution in [0.25, 0.3) is 10.4 Å². The first kappa shape index (κ1) is 14.7. The summed E-state index contributed by atoms with van der Waals surface area (Å²) in [5, 5.41) is 7.30. The van der Waals surface area contributed by atoms with E-state index in [1.165, 1.54) is 12.8 Å². The van der Waals surface area contributed by atoms with Gasteiger partial charge in [0.1, 0.15) is 16.1 Å². The summed E-state index contributed by atoms with van der Waals surface area (Å²) in [5.41, 5.74) is 6.34. The molecule has 0 bridgehead atoms. The molecule has 0 unspecified atom stereocenters. The molecule has 0 N–H and O–H groups in total. The summed E-state index contributed by atoms with van der Waals surface area (Å²) in [6.45, 7) is 10.4. The highest BCUT2D eigenvalue weighted by atomic mass is 28.3. The quantitative estimate of drug-likeness (QED) is 0.546. The fourth-order valence-electron chi connectivity index (χ4n) is 5.52. The Morgan fingerprint density at radius 1 is 0.583 bits per heavy atom. The summed E-state index contributed by atoms with van der Waals surface area (Å²) >= 11 is 0. The van der Waals surface area contributed by atoms with Gasteiger partial charge in [-0.2, -0.15) is 0 Å². The molecule has 5 rings (SSSR count). The van der Waals surface area contributed by atoms with Gasteiger partial charge in [0.05, 0.1) is 0 Å². The van der Waals surface area contributed by atoms with Gasteiger partial charge in [0.25, 0.3) is 0 Å². The summed E-state index contributed by atoms with van der Waals surface area (Å²) in [7, 11) is -3.19. The molecule has 1 heterocycles. The van der Waals surface area contributed by atoms with Gasteiger partial charge in [0.2, 0.25) is 0 Å². The summed E-state index contributed by atoms with van der Waals surface area (Å²) in [6.07, 6.45) is 2.42. The first-order chi connectivity index (χ1) is 11.4. The number of fused-ring (bicyclic) bond motifs is 4. The zero-order valence-corrected chi connectivity index (χ0v) is 17.0. The molecule has 0 saturated heterocycles. The van der Waals surface area contributed by atoms with Gasteiger partial charge in [-0.05, 0) is 35.1 Å². The Hall–Kier alpha value is -1.65. The van der Waals surface area contributed by atoms with Crippen molar-refractivity contribution in [2.45, 2.75) is 39.0 Å². The Morgan fingerprint density at radius 3 is 1.38 bits per heavy atom. The molecule has 0 atom stereocenters. The standard InChI is InChI=1S/C22H24Si2/c1-23(2)19-13-15-9-6-8-12-18(15)22(19)24(3,4)20-14-16-10-5-7-11-17(16)21(20)23/h5-12H,13-14H2,1-4H3. The predicted molar refractivity (Wildman–Crippen MR) is 109 cm³/mol. The topological polar surface area (TPSA) is 0 Å². The van der Waals surface area contributed by atoms with E-state index in [1.807, 2.05) is 10.4 Å². The van der Waals surface area contributed by atoms with Crippen LogP contribution in [0.2, 0.25) is 26.2 Å². The van der Waals surface area contributed by atoms with Crippen molar-refractivity contribution in [3.63, 3.8) is 0 Å². The zero-order valence-electron chi connectivity index (χ0n) is 15.0. The Balaban J connectivity index is 1.80.